The highest BCUT2D eigenvalue weighted by atomic mass is 35.5. The molecule has 0 spiro atoms. The molecule has 0 aliphatic heterocycles. The van der Waals surface area contributed by atoms with E-state index in [1.54, 1.807) is 24.3 Å². The molecule has 0 saturated carbocycles. The molecule has 8 heteroatoms. The number of nitrogens with zero attached hydrogens (tertiary/aromatic N) is 3. The van der Waals surface area contributed by atoms with Crippen LogP contribution < -0.4 is 5.32 Å². The first-order chi connectivity index (χ1) is 16.5. The van der Waals surface area contributed by atoms with Gasteiger partial charge in [0.15, 0.2) is 11.4 Å². The van der Waals surface area contributed by atoms with E-state index in [4.69, 9.17) is 21.7 Å². The summed E-state index contributed by atoms with van der Waals surface area (Å²) in [5, 5.41) is 9.16. The Labute approximate surface area is 214 Å². The Morgan fingerprint density at radius 3 is 2.31 bits per heavy atom. The minimum absolute atomic E-state index is 0.0118. The molecule has 0 aliphatic rings. The van der Waals surface area contributed by atoms with Crippen molar-refractivity contribution in [2.24, 2.45) is 0 Å². The Kier molecular flexibility index (Phi) is 7.01. The summed E-state index contributed by atoms with van der Waals surface area (Å²) < 4.78 is 1.81. The number of carbonyl (C=O) groups is 2. The molecule has 2 aromatic heterocycles. The van der Waals surface area contributed by atoms with Crippen molar-refractivity contribution in [1.29, 1.82) is 0 Å². The van der Waals surface area contributed by atoms with Gasteiger partial charge in [-0.15, -0.1) is 0 Å². The highest BCUT2D eigenvalue weighted by molar-refractivity contribution is 7.99. The van der Waals surface area contributed by atoms with Crippen molar-refractivity contribution in [1.82, 2.24) is 14.6 Å². The third kappa shape index (κ3) is 5.57. The molecule has 0 unspecified atom stereocenters. The van der Waals surface area contributed by atoms with Crippen LogP contribution in [0.1, 0.15) is 49.4 Å². The van der Waals surface area contributed by atoms with Gasteiger partial charge >= 0.3 is 0 Å². The fourth-order valence-electron chi connectivity index (χ4n) is 3.66. The van der Waals surface area contributed by atoms with Crippen molar-refractivity contribution < 1.29 is 9.59 Å². The number of Topliss-reactive ketones (excluding diaryl/α,β-unsaturated/α-hetero) is 1. The summed E-state index contributed by atoms with van der Waals surface area (Å²) in [5.41, 5.74) is 5.53. The first-order valence-electron chi connectivity index (χ1n) is 11.2. The van der Waals surface area contributed by atoms with Crippen LogP contribution in [0.2, 0.25) is 5.02 Å². The Morgan fingerprint density at radius 1 is 1.06 bits per heavy atom. The summed E-state index contributed by atoms with van der Waals surface area (Å²) in [5.74, 6) is 0.0451. The zero-order valence-corrected chi connectivity index (χ0v) is 21.9. The Bertz CT molecular complexity index is 1400. The second-order valence-electron chi connectivity index (χ2n) is 9.40. The van der Waals surface area contributed by atoms with Gasteiger partial charge in [-0.05, 0) is 61.9 Å². The van der Waals surface area contributed by atoms with Crippen LogP contribution in [-0.2, 0) is 10.2 Å². The second-order valence-corrected chi connectivity index (χ2v) is 10.8. The average molecular weight is 507 g/mol. The highest BCUT2D eigenvalue weighted by Gasteiger charge is 2.23. The van der Waals surface area contributed by atoms with E-state index in [1.165, 1.54) is 18.7 Å². The number of halogens is 1. The third-order valence-corrected chi connectivity index (χ3v) is 6.80. The van der Waals surface area contributed by atoms with E-state index >= 15 is 0 Å². The van der Waals surface area contributed by atoms with E-state index in [1.807, 2.05) is 41.8 Å². The summed E-state index contributed by atoms with van der Waals surface area (Å²) in [6.07, 6.45) is 0. The van der Waals surface area contributed by atoms with Gasteiger partial charge < -0.3 is 5.32 Å². The van der Waals surface area contributed by atoms with Crippen LogP contribution in [0.5, 0.6) is 0 Å². The minimum atomic E-state index is -0.187. The topological polar surface area (TPSA) is 76.4 Å². The van der Waals surface area contributed by atoms with E-state index < -0.39 is 0 Å². The maximum absolute atomic E-state index is 12.7. The number of fused-ring (bicyclic) bond motifs is 1. The zero-order valence-electron chi connectivity index (χ0n) is 20.3. The standard InChI is InChI=1S/C27H27ClN4O2S/c1-16-25(19-6-10-20(28)11-7-19)26-30-22(27(3,4)5)14-24(32(26)31-16)35-15-23(34)29-21-12-8-18(9-13-21)17(2)33/h6-14H,15H2,1-5H3,(H,29,34). The Morgan fingerprint density at radius 2 is 1.71 bits per heavy atom. The molecule has 2 heterocycles. The molecular weight excluding hydrogens is 480 g/mol. The van der Waals surface area contributed by atoms with Gasteiger partial charge in [0.25, 0.3) is 0 Å². The van der Waals surface area contributed by atoms with E-state index in [9.17, 15) is 9.59 Å². The number of aromatic nitrogens is 3. The lowest BCUT2D eigenvalue weighted by Gasteiger charge is -2.19. The number of anilines is 1. The van der Waals surface area contributed by atoms with Gasteiger partial charge in [0, 0.05) is 27.3 Å². The molecule has 0 radical (unpaired) electrons. The van der Waals surface area contributed by atoms with Crippen LogP contribution in [0.25, 0.3) is 16.8 Å². The smallest absolute Gasteiger partial charge is 0.234 e. The van der Waals surface area contributed by atoms with E-state index in [0.717, 1.165) is 33.2 Å². The minimum Gasteiger partial charge on any atom is -0.325 e. The van der Waals surface area contributed by atoms with Crippen LogP contribution in [0.15, 0.2) is 59.6 Å². The lowest BCUT2D eigenvalue weighted by atomic mass is 9.92. The predicted molar refractivity (Wildman–Crippen MR) is 143 cm³/mol. The Hall–Kier alpha value is -3.16. The lowest BCUT2D eigenvalue weighted by molar-refractivity contribution is -0.113. The number of rotatable bonds is 6. The number of carbonyl (C=O) groups excluding carboxylic acids is 2. The molecule has 180 valence electrons. The average Bonchev–Trinajstić information content (AvgIpc) is 3.13. The van der Waals surface area contributed by atoms with E-state index in [-0.39, 0.29) is 22.9 Å². The molecule has 0 aliphatic carbocycles. The summed E-state index contributed by atoms with van der Waals surface area (Å²) in [7, 11) is 0. The summed E-state index contributed by atoms with van der Waals surface area (Å²) in [6.45, 7) is 9.82. The van der Waals surface area contributed by atoms with Gasteiger partial charge in [0.2, 0.25) is 5.91 Å². The van der Waals surface area contributed by atoms with Crippen molar-refractivity contribution in [3.8, 4) is 11.1 Å². The fourth-order valence-corrected chi connectivity index (χ4v) is 4.58. The predicted octanol–water partition coefficient (Wildman–Crippen LogP) is 6.59. The van der Waals surface area contributed by atoms with Crippen LogP contribution in [-0.4, -0.2) is 32.0 Å². The summed E-state index contributed by atoms with van der Waals surface area (Å²) >= 11 is 7.51. The van der Waals surface area contributed by atoms with E-state index in [2.05, 4.69) is 26.1 Å². The first-order valence-corrected chi connectivity index (χ1v) is 12.6. The number of thioether (sulfide) groups is 1. The number of benzene rings is 2. The van der Waals surface area contributed by atoms with Gasteiger partial charge in [0.1, 0.15) is 5.03 Å². The molecule has 2 aromatic carbocycles. The Balaban J connectivity index is 1.65. The highest BCUT2D eigenvalue weighted by Crippen LogP contribution is 2.33. The van der Waals surface area contributed by atoms with Crippen molar-refractivity contribution >= 4 is 46.4 Å². The molecule has 1 N–H and O–H groups in total. The van der Waals surface area contributed by atoms with Crippen LogP contribution in [0, 0.1) is 6.92 Å². The van der Waals surface area contributed by atoms with Crippen LogP contribution >= 0.6 is 23.4 Å². The largest absolute Gasteiger partial charge is 0.325 e. The first kappa shape index (κ1) is 24.9. The van der Waals surface area contributed by atoms with Gasteiger partial charge in [-0.1, -0.05) is 56.3 Å². The van der Waals surface area contributed by atoms with Crippen LogP contribution in [0.4, 0.5) is 5.69 Å². The molecular formula is C27H27ClN4O2S. The number of hydrogen-bond acceptors (Lipinski definition) is 5. The van der Waals surface area contributed by atoms with Gasteiger partial charge in [-0.25, -0.2) is 9.50 Å². The quantitative estimate of drug-likeness (QED) is 0.181. The maximum Gasteiger partial charge on any atom is 0.234 e. The maximum atomic E-state index is 12.7. The third-order valence-electron chi connectivity index (χ3n) is 5.56. The molecule has 0 fully saturated rings. The van der Waals surface area contributed by atoms with Crippen molar-refractivity contribution in [3.63, 3.8) is 0 Å². The van der Waals surface area contributed by atoms with Crippen LogP contribution in [0.3, 0.4) is 0 Å². The van der Waals surface area contributed by atoms with Gasteiger partial charge in [-0.3, -0.25) is 9.59 Å². The number of hydrogen-bond donors (Lipinski definition) is 1. The number of aryl methyl sites for hydroxylation is 1. The van der Waals surface area contributed by atoms with Gasteiger partial charge in [0.05, 0.1) is 17.1 Å². The van der Waals surface area contributed by atoms with Crippen molar-refractivity contribution in [2.75, 3.05) is 11.1 Å². The summed E-state index contributed by atoms with van der Waals surface area (Å²) in [4.78, 5) is 29.1. The lowest BCUT2D eigenvalue weighted by Crippen LogP contribution is -2.17. The fraction of sp³-hybridized carbons (Fsp3) is 0.259. The van der Waals surface area contributed by atoms with Crippen molar-refractivity contribution in [3.05, 3.63) is 76.6 Å². The second kappa shape index (κ2) is 9.84. The SMILES string of the molecule is CC(=O)c1ccc(NC(=O)CSc2cc(C(C)(C)C)nc3c(-c4ccc(Cl)cc4)c(C)nn23)cc1. The monoisotopic (exact) mass is 506 g/mol. The molecule has 4 aromatic rings. The molecule has 0 atom stereocenters. The van der Waals surface area contributed by atoms with E-state index in [0.29, 0.717) is 16.3 Å². The molecule has 35 heavy (non-hydrogen) atoms. The number of amides is 1. The summed E-state index contributed by atoms with van der Waals surface area (Å²) in [6, 6.07) is 16.5. The molecule has 6 nitrogen and oxygen atoms in total. The van der Waals surface area contributed by atoms with Gasteiger partial charge in [-0.2, -0.15) is 5.10 Å². The van der Waals surface area contributed by atoms with Crippen molar-refractivity contribution in [2.45, 2.75) is 45.1 Å². The normalized spacial score (nSPS) is 11.6. The number of ketones is 1. The molecule has 0 saturated heterocycles. The number of nitrogens with one attached hydrogen (secondary N) is 1. The molecule has 4 rings (SSSR count). The molecule has 1 amide bonds. The zero-order chi connectivity index (χ0) is 25.3. The molecule has 0 bridgehead atoms.